The van der Waals surface area contributed by atoms with Crippen LogP contribution in [0.15, 0.2) is 12.2 Å². The van der Waals surface area contributed by atoms with Gasteiger partial charge < -0.3 is 15.3 Å². The van der Waals surface area contributed by atoms with Crippen LogP contribution in [0.2, 0.25) is 0 Å². The summed E-state index contributed by atoms with van der Waals surface area (Å²) in [7, 11) is 0. The standard InChI is InChI=1S/C20H32O3/c1-11-12-8-13(21)16-19(4)7-5-6-18(2,3)14(19)9-15(22)20(16,10-12)17(11)23/h12-17,21-23H,1,5-10H2,2-4H3/t12-,13+,14-,15+,16+,17+,19-,20+/m1/s1. The molecule has 3 heteroatoms. The predicted molar refractivity (Wildman–Crippen MR) is 89.7 cm³/mol. The third-order valence-corrected chi connectivity index (χ3v) is 8.54. The van der Waals surface area contributed by atoms with Crippen molar-refractivity contribution >= 4 is 0 Å². The summed E-state index contributed by atoms with van der Waals surface area (Å²) in [5, 5.41) is 33.2. The monoisotopic (exact) mass is 320 g/mol. The van der Waals surface area contributed by atoms with E-state index in [9.17, 15) is 15.3 Å². The number of rotatable bonds is 0. The van der Waals surface area contributed by atoms with E-state index in [0.717, 1.165) is 24.8 Å². The molecule has 8 atom stereocenters. The fourth-order valence-electron chi connectivity index (χ4n) is 7.70. The first-order valence-electron chi connectivity index (χ1n) is 9.37. The Labute approximate surface area is 139 Å². The Morgan fingerprint density at radius 1 is 1.04 bits per heavy atom. The molecule has 1 spiro atoms. The highest BCUT2D eigenvalue weighted by Crippen LogP contribution is 2.71. The zero-order valence-corrected chi connectivity index (χ0v) is 14.8. The van der Waals surface area contributed by atoms with Crippen molar-refractivity contribution in [3.05, 3.63) is 12.2 Å². The minimum atomic E-state index is -0.660. The molecule has 0 aromatic rings. The SMILES string of the molecule is C=C1[C@@H]2C[C@H](O)[C@H]3[C@]4(C)CCCC(C)(C)[C@H]4C[C@H](O)[C@]3(C2)[C@H]1O. The second kappa shape index (κ2) is 4.62. The van der Waals surface area contributed by atoms with E-state index in [-0.39, 0.29) is 22.7 Å². The molecule has 23 heavy (non-hydrogen) atoms. The Morgan fingerprint density at radius 3 is 2.43 bits per heavy atom. The van der Waals surface area contributed by atoms with Crippen LogP contribution >= 0.6 is 0 Å². The second-order valence-electron chi connectivity index (χ2n) is 9.92. The highest BCUT2D eigenvalue weighted by atomic mass is 16.3. The molecule has 4 rings (SSSR count). The lowest BCUT2D eigenvalue weighted by molar-refractivity contribution is -0.245. The molecule has 4 saturated carbocycles. The van der Waals surface area contributed by atoms with Crippen LogP contribution in [-0.2, 0) is 0 Å². The Hall–Kier alpha value is -0.380. The van der Waals surface area contributed by atoms with Gasteiger partial charge in [-0.05, 0) is 60.3 Å². The van der Waals surface area contributed by atoms with Gasteiger partial charge in [0.25, 0.3) is 0 Å². The van der Waals surface area contributed by atoms with Crippen LogP contribution in [0.5, 0.6) is 0 Å². The summed E-state index contributed by atoms with van der Waals surface area (Å²) in [6, 6.07) is 0. The Balaban J connectivity index is 1.86. The van der Waals surface area contributed by atoms with Gasteiger partial charge in [0.2, 0.25) is 0 Å². The van der Waals surface area contributed by atoms with Gasteiger partial charge in [0.05, 0.1) is 18.3 Å². The Bertz CT molecular complexity index is 541. The Morgan fingerprint density at radius 2 is 1.74 bits per heavy atom. The maximum Gasteiger partial charge on any atom is 0.0835 e. The van der Waals surface area contributed by atoms with Crippen molar-refractivity contribution in [1.29, 1.82) is 0 Å². The van der Waals surface area contributed by atoms with Crippen LogP contribution in [0, 0.1) is 34.0 Å². The van der Waals surface area contributed by atoms with Crippen molar-refractivity contribution in [3.8, 4) is 0 Å². The van der Waals surface area contributed by atoms with E-state index in [1.165, 1.54) is 12.8 Å². The lowest BCUT2D eigenvalue weighted by Crippen LogP contribution is -2.66. The van der Waals surface area contributed by atoms with E-state index in [1.807, 2.05) is 0 Å². The zero-order valence-electron chi connectivity index (χ0n) is 14.8. The summed E-state index contributed by atoms with van der Waals surface area (Å²) in [5.41, 5.74) is 0.463. The topological polar surface area (TPSA) is 60.7 Å². The van der Waals surface area contributed by atoms with E-state index >= 15 is 0 Å². The number of aliphatic hydroxyl groups is 3. The molecular formula is C20H32O3. The summed E-state index contributed by atoms with van der Waals surface area (Å²) in [6.07, 6.45) is 4.10. The smallest absolute Gasteiger partial charge is 0.0835 e. The van der Waals surface area contributed by atoms with E-state index in [2.05, 4.69) is 27.4 Å². The Kier molecular flexibility index (Phi) is 3.23. The molecule has 0 radical (unpaired) electrons. The van der Waals surface area contributed by atoms with Gasteiger partial charge >= 0.3 is 0 Å². The van der Waals surface area contributed by atoms with Gasteiger partial charge in [-0.1, -0.05) is 33.8 Å². The number of fused-ring (bicyclic) bond motifs is 3. The molecule has 0 heterocycles. The summed E-state index contributed by atoms with van der Waals surface area (Å²) in [6.45, 7) is 11.1. The first kappa shape index (κ1) is 16.1. The molecule has 0 unspecified atom stereocenters. The van der Waals surface area contributed by atoms with Gasteiger partial charge in [-0.3, -0.25) is 0 Å². The zero-order chi connectivity index (χ0) is 16.8. The van der Waals surface area contributed by atoms with E-state index < -0.39 is 23.7 Å². The van der Waals surface area contributed by atoms with Crippen molar-refractivity contribution in [3.63, 3.8) is 0 Å². The van der Waals surface area contributed by atoms with Crippen LogP contribution in [0.25, 0.3) is 0 Å². The summed E-state index contributed by atoms with van der Waals surface area (Å²) in [4.78, 5) is 0. The first-order valence-corrected chi connectivity index (χ1v) is 9.37. The van der Waals surface area contributed by atoms with Crippen molar-refractivity contribution in [1.82, 2.24) is 0 Å². The summed E-state index contributed by atoms with van der Waals surface area (Å²) in [5.74, 6) is 0.554. The highest BCUT2D eigenvalue weighted by molar-refractivity contribution is 5.30. The first-order chi connectivity index (χ1) is 10.6. The maximum absolute atomic E-state index is 11.2. The average molecular weight is 320 g/mol. The molecule has 0 aromatic carbocycles. The molecule has 4 aliphatic carbocycles. The van der Waals surface area contributed by atoms with Gasteiger partial charge in [0.1, 0.15) is 0 Å². The fraction of sp³-hybridized carbons (Fsp3) is 0.900. The molecule has 130 valence electrons. The molecule has 4 aliphatic rings. The molecule has 0 aromatic heterocycles. The van der Waals surface area contributed by atoms with Crippen molar-refractivity contribution in [2.45, 2.75) is 77.6 Å². The molecule has 2 bridgehead atoms. The molecular weight excluding hydrogens is 288 g/mol. The van der Waals surface area contributed by atoms with Gasteiger partial charge in [-0.25, -0.2) is 0 Å². The van der Waals surface area contributed by atoms with Crippen LogP contribution in [-0.4, -0.2) is 33.6 Å². The van der Waals surface area contributed by atoms with Crippen molar-refractivity contribution in [2.75, 3.05) is 0 Å². The normalized spacial score (nSPS) is 57.7. The lowest BCUT2D eigenvalue weighted by Gasteiger charge is -2.66. The third-order valence-electron chi connectivity index (χ3n) is 8.54. The summed E-state index contributed by atoms with van der Waals surface area (Å²) < 4.78 is 0. The van der Waals surface area contributed by atoms with E-state index in [1.54, 1.807) is 0 Å². The number of hydrogen-bond acceptors (Lipinski definition) is 3. The average Bonchev–Trinajstić information content (AvgIpc) is 2.64. The minimum Gasteiger partial charge on any atom is -0.393 e. The molecule has 0 saturated heterocycles. The van der Waals surface area contributed by atoms with Crippen LogP contribution in [0.3, 0.4) is 0 Å². The molecule has 4 fully saturated rings. The van der Waals surface area contributed by atoms with Gasteiger partial charge in [0, 0.05) is 11.3 Å². The highest BCUT2D eigenvalue weighted by Gasteiger charge is 2.71. The van der Waals surface area contributed by atoms with Gasteiger partial charge in [-0.15, -0.1) is 0 Å². The van der Waals surface area contributed by atoms with Crippen LogP contribution in [0.1, 0.15) is 59.3 Å². The van der Waals surface area contributed by atoms with Gasteiger partial charge in [-0.2, -0.15) is 0 Å². The fourth-order valence-corrected chi connectivity index (χ4v) is 7.70. The van der Waals surface area contributed by atoms with Crippen LogP contribution in [0.4, 0.5) is 0 Å². The molecule has 0 aliphatic heterocycles. The number of aliphatic hydroxyl groups excluding tert-OH is 3. The van der Waals surface area contributed by atoms with Gasteiger partial charge in [0.15, 0.2) is 0 Å². The van der Waals surface area contributed by atoms with Crippen molar-refractivity contribution in [2.24, 2.45) is 34.0 Å². The van der Waals surface area contributed by atoms with Crippen LogP contribution < -0.4 is 0 Å². The number of hydrogen-bond donors (Lipinski definition) is 3. The third kappa shape index (κ3) is 1.77. The summed E-state index contributed by atoms with van der Waals surface area (Å²) >= 11 is 0. The van der Waals surface area contributed by atoms with E-state index in [4.69, 9.17) is 0 Å². The molecule has 3 N–H and O–H groups in total. The largest absolute Gasteiger partial charge is 0.393 e. The predicted octanol–water partition coefficient (Wildman–Crippen LogP) is 2.89. The van der Waals surface area contributed by atoms with Crippen molar-refractivity contribution < 1.29 is 15.3 Å². The maximum atomic E-state index is 11.2. The molecule has 3 nitrogen and oxygen atoms in total. The minimum absolute atomic E-state index is 0.00301. The molecule has 0 amide bonds. The second-order valence-corrected chi connectivity index (χ2v) is 9.92. The quantitative estimate of drug-likeness (QED) is 0.602. The van der Waals surface area contributed by atoms with E-state index in [0.29, 0.717) is 12.3 Å². The lowest BCUT2D eigenvalue weighted by atomic mass is 9.39.